The molecule has 0 aliphatic heterocycles. The minimum Gasteiger partial charge on any atom is -0.496 e. The molecule has 0 aliphatic carbocycles. The van der Waals surface area contributed by atoms with Crippen LogP contribution in [-0.2, 0) is 11.3 Å². The Morgan fingerprint density at radius 3 is 2.67 bits per heavy atom. The molecule has 0 radical (unpaired) electrons. The number of ether oxygens (including phenoxy) is 1. The molecular weight excluding hydrogens is 298 g/mol. The van der Waals surface area contributed by atoms with Crippen molar-refractivity contribution in [3.8, 4) is 5.75 Å². The fourth-order valence-corrected chi connectivity index (χ4v) is 2.12. The molecule has 2 N–H and O–H groups in total. The number of aliphatic carboxylic acids is 1. The highest BCUT2D eigenvalue weighted by atomic mass is 79.9. The first-order chi connectivity index (χ1) is 8.45. The van der Waals surface area contributed by atoms with Gasteiger partial charge in [0.2, 0.25) is 0 Å². The maximum atomic E-state index is 11.1. The quantitative estimate of drug-likeness (QED) is 0.847. The number of nitrogens with one attached hydrogen (secondary N) is 1. The third-order valence-electron chi connectivity index (χ3n) is 2.69. The van der Waals surface area contributed by atoms with E-state index >= 15 is 0 Å². The van der Waals surface area contributed by atoms with E-state index in [0.717, 1.165) is 15.8 Å². The molecule has 1 aromatic carbocycles. The monoisotopic (exact) mass is 315 g/mol. The van der Waals surface area contributed by atoms with Crippen LogP contribution in [0.3, 0.4) is 0 Å². The van der Waals surface area contributed by atoms with E-state index in [1.807, 2.05) is 32.0 Å². The number of hydrogen-bond acceptors (Lipinski definition) is 3. The average Bonchev–Trinajstić information content (AvgIpc) is 2.28. The highest BCUT2D eigenvalue weighted by molar-refractivity contribution is 9.10. The van der Waals surface area contributed by atoms with Crippen LogP contribution in [0.5, 0.6) is 5.75 Å². The van der Waals surface area contributed by atoms with E-state index in [2.05, 4.69) is 21.2 Å². The average molecular weight is 316 g/mol. The van der Waals surface area contributed by atoms with Crippen molar-refractivity contribution in [3.63, 3.8) is 0 Å². The van der Waals surface area contributed by atoms with Gasteiger partial charge in [-0.25, -0.2) is 0 Å². The molecule has 0 bridgehead atoms. The molecule has 0 aromatic heterocycles. The molecule has 0 saturated carbocycles. The highest BCUT2D eigenvalue weighted by Gasteiger charge is 2.20. The maximum Gasteiger partial charge on any atom is 0.320 e. The lowest BCUT2D eigenvalue weighted by Crippen LogP contribution is -2.40. The van der Waals surface area contributed by atoms with E-state index in [0.29, 0.717) is 6.54 Å². The Balaban J connectivity index is 2.78. The van der Waals surface area contributed by atoms with Crippen LogP contribution in [0.2, 0.25) is 0 Å². The van der Waals surface area contributed by atoms with Crippen LogP contribution in [0.25, 0.3) is 0 Å². The first-order valence-electron chi connectivity index (χ1n) is 5.74. The molecule has 100 valence electrons. The van der Waals surface area contributed by atoms with Gasteiger partial charge in [0.1, 0.15) is 11.8 Å². The molecule has 0 fully saturated rings. The third kappa shape index (κ3) is 3.99. The Labute approximate surface area is 115 Å². The maximum absolute atomic E-state index is 11.1. The Kier molecular flexibility index (Phi) is 5.62. The van der Waals surface area contributed by atoms with Crippen molar-refractivity contribution in [1.82, 2.24) is 5.32 Å². The summed E-state index contributed by atoms with van der Waals surface area (Å²) in [5, 5.41) is 12.1. The van der Waals surface area contributed by atoms with Gasteiger partial charge < -0.3 is 9.84 Å². The number of methoxy groups -OCH3 is 1. The molecular formula is C13H18BrNO3. The topological polar surface area (TPSA) is 58.6 Å². The summed E-state index contributed by atoms with van der Waals surface area (Å²) in [5.74, 6) is -0.0572. The first kappa shape index (κ1) is 15.0. The van der Waals surface area contributed by atoms with E-state index in [1.54, 1.807) is 7.11 Å². The van der Waals surface area contributed by atoms with Crippen LogP contribution in [0.15, 0.2) is 22.7 Å². The van der Waals surface area contributed by atoms with Crippen molar-refractivity contribution in [2.24, 2.45) is 5.92 Å². The molecule has 0 amide bonds. The van der Waals surface area contributed by atoms with E-state index < -0.39 is 12.0 Å². The van der Waals surface area contributed by atoms with Crippen LogP contribution in [-0.4, -0.2) is 24.2 Å². The SMILES string of the molecule is COc1ccc(Br)cc1CNC(C(=O)O)C(C)C. The number of hydrogen-bond donors (Lipinski definition) is 2. The number of carboxylic acids is 1. The second-order valence-electron chi connectivity index (χ2n) is 4.40. The highest BCUT2D eigenvalue weighted by Crippen LogP contribution is 2.23. The van der Waals surface area contributed by atoms with Gasteiger partial charge in [-0.05, 0) is 24.1 Å². The molecule has 1 atom stereocenters. The van der Waals surface area contributed by atoms with Gasteiger partial charge in [0.25, 0.3) is 0 Å². The van der Waals surface area contributed by atoms with Crippen LogP contribution in [0.4, 0.5) is 0 Å². The summed E-state index contributed by atoms with van der Waals surface area (Å²) in [6.45, 7) is 4.21. The molecule has 1 unspecified atom stereocenters. The van der Waals surface area contributed by atoms with Gasteiger partial charge in [-0.1, -0.05) is 29.8 Å². The van der Waals surface area contributed by atoms with Gasteiger partial charge in [0, 0.05) is 16.6 Å². The molecule has 1 rings (SSSR count). The Morgan fingerprint density at radius 1 is 1.50 bits per heavy atom. The second-order valence-corrected chi connectivity index (χ2v) is 5.31. The summed E-state index contributed by atoms with van der Waals surface area (Å²) in [6.07, 6.45) is 0. The van der Waals surface area contributed by atoms with Crippen molar-refractivity contribution in [3.05, 3.63) is 28.2 Å². The van der Waals surface area contributed by atoms with E-state index in [9.17, 15) is 4.79 Å². The normalized spacial score (nSPS) is 12.5. The van der Waals surface area contributed by atoms with Gasteiger partial charge in [-0.15, -0.1) is 0 Å². The van der Waals surface area contributed by atoms with Gasteiger partial charge >= 0.3 is 5.97 Å². The fourth-order valence-electron chi connectivity index (χ4n) is 1.71. The van der Waals surface area contributed by atoms with Crippen LogP contribution in [0, 0.1) is 5.92 Å². The van der Waals surface area contributed by atoms with Crippen LogP contribution in [0.1, 0.15) is 19.4 Å². The summed E-state index contributed by atoms with van der Waals surface area (Å²) in [6, 6.07) is 5.10. The largest absolute Gasteiger partial charge is 0.496 e. The zero-order valence-electron chi connectivity index (χ0n) is 10.7. The second kappa shape index (κ2) is 6.75. The molecule has 18 heavy (non-hydrogen) atoms. The molecule has 5 heteroatoms. The predicted octanol–water partition coefficient (Wildman–Crippen LogP) is 2.66. The minimum absolute atomic E-state index is 0.0284. The fraction of sp³-hybridized carbons (Fsp3) is 0.462. The molecule has 0 saturated heterocycles. The summed E-state index contributed by atoms with van der Waals surface area (Å²) in [5.41, 5.74) is 0.929. The Morgan fingerprint density at radius 2 is 2.17 bits per heavy atom. The van der Waals surface area contributed by atoms with Gasteiger partial charge in [0.05, 0.1) is 7.11 Å². The third-order valence-corrected chi connectivity index (χ3v) is 3.18. The smallest absolute Gasteiger partial charge is 0.320 e. The number of carbonyl (C=O) groups is 1. The van der Waals surface area contributed by atoms with E-state index in [1.165, 1.54) is 0 Å². The molecule has 0 spiro atoms. The lowest BCUT2D eigenvalue weighted by Gasteiger charge is -2.19. The number of halogens is 1. The lowest BCUT2D eigenvalue weighted by atomic mass is 10.0. The van der Waals surface area contributed by atoms with Crippen LogP contribution >= 0.6 is 15.9 Å². The number of benzene rings is 1. The van der Waals surface area contributed by atoms with Crippen molar-refractivity contribution in [1.29, 1.82) is 0 Å². The van der Waals surface area contributed by atoms with Crippen LogP contribution < -0.4 is 10.1 Å². The zero-order chi connectivity index (χ0) is 13.7. The molecule has 0 heterocycles. The van der Waals surface area contributed by atoms with Gasteiger partial charge in [0.15, 0.2) is 0 Å². The van der Waals surface area contributed by atoms with Crippen molar-refractivity contribution in [2.75, 3.05) is 7.11 Å². The first-order valence-corrected chi connectivity index (χ1v) is 6.53. The summed E-state index contributed by atoms with van der Waals surface area (Å²) < 4.78 is 6.19. The van der Waals surface area contributed by atoms with Gasteiger partial charge in [-0.2, -0.15) is 0 Å². The van der Waals surface area contributed by atoms with Crippen molar-refractivity contribution in [2.45, 2.75) is 26.4 Å². The predicted molar refractivity (Wildman–Crippen MR) is 73.8 cm³/mol. The Bertz CT molecular complexity index is 421. The van der Waals surface area contributed by atoms with Crippen molar-refractivity contribution < 1.29 is 14.6 Å². The standard InChI is InChI=1S/C13H18BrNO3/c1-8(2)12(13(16)17)15-7-9-6-10(14)4-5-11(9)18-3/h4-6,8,12,15H,7H2,1-3H3,(H,16,17). The lowest BCUT2D eigenvalue weighted by molar-refractivity contribution is -0.140. The summed E-state index contributed by atoms with van der Waals surface area (Å²) in [7, 11) is 1.60. The number of rotatable bonds is 6. The summed E-state index contributed by atoms with van der Waals surface area (Å²) >= 11 is 3.39. The van der Waals surface area contributed by atoms with E-state index in [4.69, 9.17) is 9.84 Å². The molecule has 4 nitrogen and oxygen atoms in total. The number of carboxylic acid groups (broad SMARTS) is 1. The molecule has 1 aromatic rings. The Hall–Kier alpha value is -1.07. The van der Waals surface area contributed by atoms with Crippen molar-refractivity contribution >= 4 is 21.9 Å². The molecule has 0 aliphatic rings. The van der Waals surface area contributed by atoms with E-state index in [-0.39, 0.29) is 5.92 Å². The zero-order valence-corrected chi connectivity index (χ0v) is 12.3. The minimum atomic E-state index is -0.834. The summed E-state index contributed by atoms with van der Waals surface area (Å²) in [4.78, 5) is 11.1. The van der Waals surface area contributed by atoms with Gasteiger partial charge in [-0.3, -0.25) is 10.1 Å².